The summed E-state index contributed by atoms with van der Waals surface area (Å²) in [7, 11) is 0. The van der Waals surface area contributed by atoms with Crippen molar-refractivity contribution in [2.45, 2.75) is 212 Å². The molecule has 0 saturated heterocycles. The standard InChI is InChI=1S/C39H75NO3/c1-3-5-7-9-11-13-15-16-17-18-19-20-21-22-23-24-25-27-29-31-33-35-39(43)40-37(36-41)38(42)34-32-30-28-26-14-12-10-8-6-4-2/h5,7,11,13,37-38,41-42H,3-4,6,8-10,12,14-36H2,1-2H3,(H,40,43)/b7-5-,13-11-. The lowest BCUT2D eigenvalue weighted by molar-refractivity contribution is -0.123. The van der Waals surface area contributed by atoms with Gasteiger partial charge in [-0.05, 0) is 38.5 Å². The van der Waals surface area contributed by atoms with Crippen LogP contribution in [0, 0.1) is 0 Å². The molecule has 4 heteroatoms. The maximum atomic E-state index is 12.3. The summed E-state index contributed by atoms with van der Waals surface area (Å²) < 4.78 is 0. The molecule has 0 bridgehead atoms. The lowest BCUT2D eigenvalue weighted by Crippen LogP contribution is -2.45. The van der Waals surface area contributed by atoms with Crippen molar-refractivity contribution in [3.63, 3.8) is 0 Å². The largest absolute Gasteiger partial charge is 0.394 e. The van der Waals surface area contributed by atoms with Crippen LogP contribution in [-0.4, -0.2) is 34.9 Å². The molecule has 0 aromatic carbocycles. The van der Waals surface area contributed by atoms with Gasteiger partial charge in [-0.25, -0.2) is 0 Å². The van der Waals surface area contributed by atoms with Gasteiger partial charge in [0.15, 0.2) is 0 Å². The summed E-state index contributed by atoms with van der Waals surface area (Å²) in [5.74, 6) is -0.0338. The lowest BCUT2D eigenvalue weighted by Gasteiger charge is -2.22. The number of hydrogen-bond donors (Lipinski definition) is 3. The second kappa shape index (κ2) is 35.4. The second-order valence-electron chi connectivity index (χ2n) is 13.0. The molecule has 0 saturated carbocycles. The number of carbonyl (C=O) groups excluding carboxylic acids is 1. The number of amides is 1. The maximum absolute atomic E-state index is 12.3. The highest BCUT2D eigenvalue weighted by molar-refractivity contribution is 5.76. The van der Waals surface area contributed by atoms with Crippen LogP contribution in [0.25, 0.3) is 0 Å². The third-order valence-corrected chi connectivity index (χ3v) is 8.73. The predicted molar refractivity (Wildman–Crippen MR) is 189 cm³/mol. The maximum Gasteiger partial charge on any atom is 0.220 e. The molecule has 1 amide bonds. The molecule has 2 unspecified atom stereocenters. The number of rotatable bonds is 34. The fourth-order valence-corrected chi connectivity index (χ4v) is 5.81. The Morgan fingerprint density at radius 1 is 0.581 bits per heavy atom. The van der Waals surface area contributed by atoms with E-state index in [2.05, 4.69) is 43.5 Å². The summed E-state index contributed by atoms with van der Waals surface area (Å²) in [6, 6.07) is -0.531. The molecule has 0 rings (SSSR count). The predicted octanol–water partition coefficient (Wildman–Crippen LogP) is 11.3. The molecule has 0 aromatic rings. The average Bonchev–Trinajstić information content (AvgIpc) is 3.01. The highest BCUT2D eigenvalue weighted by Gasteiger charge is 2.19. The molecular weight excluding hydrogens is 530 g/mol. The van der Waals surface area contributed by atoms with Crippen LogP contribution in [0.3, 0.4) is 0 Å². The fourth-order valence-electron chi connectivity index (χ4n) is 5.81. The van der Waals surface area contributed by atoms with Crippen molar-refractivity contribution >= 4 is 5.91 Å². The monoisotopic (exact) mass is 606 g/mol. The summed E-state index contributed by atoms with van der Waals surface area (Å²) in [6.07, 6.45) is 43.8. The van der Waals surface area contributed by atoms with E-state index in [1.807, 2.05) is 0 Å². The summed E-state index contributed by atoms with van der Waals surface area (Å²) in [4.78, 5) is 12.3. The molecule has 0 aliphatic heterocycles. The molecule has 0 aliphatic rings. The van der Waals surface area contributed by atoms with Crippen LogP contribution < -0.4 is 5.32 Å². The first-order valence-electron chi connectivity index (χ1n) is 19.0. The third kappa shape index (κ3) is 32.1. The van der Waals surface area contributed by atoms with Gasteiger partial charge in [0.1, 0.15) is 0 Å². The number of aliphatic hydroxyl groups is 2. The Kier molecular flexibility index (Phi) is 34.4. The minimum absolute atomic E-state index is 0.0338. The van der Waals surface area contributed by atoms with Crippen molar-refractivity contribution < 1.29 is 15.0 Å². The van der Waals surface area contributed by atoms with Gasteiger partial charge in [-0.15, -0.1) is 0 Å². The van der Waals surface area contributed by atoms with Crippen LogP contribution in [0.2, 0.25) is 0 Å². The van der Waals surface area contributed by atoms with Crippen molar-refractivity contribution in [2.75, 3.05) is 6.61 Å². The lowest BCUT2D eigenvalue weighted by atomic mass is 10.0. The van der Waals surface area contributed by atoms with Crippen LogP contribution in [0.4, 0.5) is 0 Å². The van der Waals surface area contributed by atoms with E-state index in [1.54, 1.807) is 0 Å². The molecule has 3 N–H and O–H groups in total. The van der Waals surface area contributed by atoms with E-state index >= 15 is 0 Å². The van der Waals surface area contributed by atoms with Crippen molar-refractivity contribution in [3.05, 3.63) is 24.3 Å². The Morgan fingerprint density at radius 3 is 1.51 bits per heavy atom. The van der Waals surface area contributed by atoms with Gasteiger partial charge < -0.3 is 15.5 Å². The van der Waals surface area contributed by atoms with E-state index in [4.69, 9.17) is 0 Å². The number of nitrogens with one attached hydrogen (secondary N) is 1. The number of hydrogen-bond acceptors (Lipinski definition) is 3. The second-order valence-corrected chi connectivity index (χ2v) is 13.0. The molecule has 0 heterocycles. The Labute approximate surface area is 269 Å². The summed E-state index contributed by atoms with van der Waals surface area (Å²) in [5, 5.41) is 23.0. The van der Waals surface area contributed by atoms with Gasteiger partial charge >= 0.3 is 0 Å². The van der Waals surface area contributed by atoms with Crippen LogP contribution >= 0.6 is 0 Å². The van der Waals surface area contributed by atoms with E-state index in [0.29, 0.717) is 12.8 Å². The van der Waals surface area contributed by atoms with Crippen molar-refractivity contribution in [2.24, 2.45) is 0 Å². The zero-order valence-electron chi connectivity index (χ0n) is 29.0. The minimum Gasteiger partial charge on any atom is -0.394 e. The summed E-state index contributed by atoms with van der Waals surface area (Å²) in [6.45, 7) is 4.24. The molecule has 0 radical (unpaired) electrons. The molecule has 0 fully saturated rings. The van der Waals surface area contributed by atoms with E-state index < -0.39 is 12.1 Å². The SMILES string of the molecule is CC/C=C\C/C=C\CCCCCCCCCCCCCCCCC(=O)NC(CO)C(O)CCCCCCCCCCCC. The summed E-state index contributed by atoms with van der Waals surface area (Å²) >= 11 is 0. The van der Waals surface area contributed by atoms with Crippen LogP contribution in [0.15, 0.2) is 24.3 Å². The number of aliphatic hydroxyl groups excluding tert-OH is 2. The van der Waals surface area contributed by atoms with Gasteiger partial charge in [0.25, 0.3) is 0 Å². The van der Waals surface area contributed by atoms with Crippen LogP contribution in [0.1, 0.15) is 200 Å². The van der Waals surface area contributed by atoms with Gasteiger partial charge in [0.05, 0.1) is 18.8 Å². The Morgan fingerprint density at radius 2 is 1.02 bits per heavy atom. The van der Waals surface area contributed by atoms with Crippen molar-refractivity contribution in [3.8, 4) is 0 Å². The normalized spacial score (nSPS) is 13.3. The Hall–Kier alpha value is -1.13. The smallest absolute Gasteiger partial charge is 0.220 e. The number of unbranched alkanes of at least 4 members (excludes halogenated alkanes) is 23. The average molecular weight is 606 g/mol. The first-order valence-corrected chi connectivity index (χ1v) is 19.0. The topological polar surface area (TPSA) is 69.6 Å². The molecule has 0 spiro atoms. The Balaban J connectivity index is 3.49. The van der Waals surface area contributed by atoms with Gasteiger partial charge in [0.2, 0.25) is 5.91 Å². The van der Waals surface area contributed by atoms with Gasteiger partial charge in [-0.1, -0.05) is 179 Å². The zero-order chi connectivity index (χ0) is 31.5. The molecule has 0 aromatic heterocycles. The highest BCUT2D eigenvalue weighted by atomic mass is 16.3. The summed E-state index contributed by atoms with van der Waals surface area (Å²) in [5.41, 5.74) is 0. The first-order chi connectivity index (χ1) is 21.2. The van der Waals surface area contributed by atoms with Crippen molar-refractivity contribution in [1.82, 2.24) is 5.32 Å². The van der Waals surface area contributed by atoms with Crippen molar-refractivity contribution in [1.29, 1.82) is 0 Å². The van der Waals surface area contributed by atoms with E-state index in [0.717, 1.165) is 38.5 Å². The zero-order valence-corrected chi connectivity index (χ0v) is 29.0. The number of allylic oxidation sites excluding steroid dienone is 4. The van der Waals surface area contributed by atoms with Gasteiger partial charge in [0, 0.05) is 6.42 Å². The third-order valence-electron chi connectivity index (χ3n) is 8.73. The van der Waals surface area contributed by atoms with Crippen LogP contribution in [-0.2, 0) is 4.79 Å². The molecule has 43 heavy (non-hydrogen) atoms. The first kappa shape index (κ1) is 41.9. The molecule has 4 nitrogen and oxygen atoms in total. The van der Waals surface area contributed by atoms with E-state index in [9.17, 15) is 15.0 Å². The van der Waals surface area contributed by atoms with Gasteiger partial charge in [-0.2, -0.15) is 0 Å². The molecule has 2 atom stereocenters. The van der Waals surface area contributed by atoms with Crippen LogP contribution in [0.5, 0.6) is 0 Å². The van der Waals surface area contributed by atoms with E-state index in [1.165, 1.54) is 135 Å². The molecule has 0 aliphatic carbocycles. The Bertz CT molecular complexity index is 618. The molecular formula is C39H75NO3. The highest BCUT2D eigenvalue weighted by Crippen LogP contribution is 2.15. The molecule has 254 valence electrons. The van der Waals surface area contributed by atoms with E-state index in [-0.39, 0.29) is 12.5 Å². The fraction of sp³-hybridized carbons (Fsp3) is 0.872. The van der Waals surface area contributed by atoms with Gasteiger partial charge in [-0.3, -0.25) is 4.79 Å². The minimum atomic E-state index is -0.654. The quantitative estimate of drug-likeness (QED) is 0.0505. The number of carbonyl (C=O) groups is 1.